The normalized spacial score (nSPS) is 12.3. The SMILES string of the molecule is Cc1ccc(-c2c(F)c(F)c(F)c(F)c2-c2ccc(S(N)(=O)=O)cc2)cc1C(F)(F)F. The van der Waals surface area contributed by atoms with Gasteiger partial charge >= 0.3 is 6.18 Å². The Morgan fingerprint density at radius 3 is 1.65 bits per heavy atom. The summed E-state index contributed by atoms with van der Waals surface area (Å²) in [6.45, 7) is 1.14. The number of nitrogens with two attached hydrogens (primary N) is 1. The fourth-order valence-corrected chi connectivity index (χ4v) is 3.58. The average Bonchev–Trinajstić information content (AvgIpc) is 2.68. The molecule has 0 fully saturated rings. The van der Waals surface area contributed by atoms with E-state index >= 15 is 0 Å². The Labute approximate surface area is 172 Å². The van der Waals surface area contributed by atoms with E-state index in [2.05, 4.69) is 0 Å². The molecule has 0 saturated carbocycles. The van der Waals surface area contributed by atoms with E-state index in [0.29, 0.717) is 6.07 Å². The number of hydrogen-bond acceptors (Lipinski definition) is 2. The predicted octanol–water partition coefficient (Wildman–Crippen LogP) is 5.55. The van der Waals surface area contributed by atoms with Gasteiger partial charge in [0.1, 0.15) is 0 Å². The fraction of sp³-hybridized carbons (Fsp3) is 0.100. The summed E-state index contributed by atoms with van der Waals surface area (Å²) in [7, 11) is -4.15. The lowest BCUT2D eigenvalue weighted by Crippen LogP contribution is -2.12. The van der Waals surface area contributed by atoms with Crippen molar-refractivity contribution in [2.24, 2.45) is 5.14 Å². The summed E-state index contributed by atoms with van der Waals surface area (Å²) in [5, 5.41) is 4.96. The molecule has 3 rings (SSSR count). The van der Waals surface area contributed by atoms with Gasteiger partial charge in [0.05, 0.1) is 10.5 Å². The molecule has 164 valence electrons. The summed E-state index contributed by atoms with van der Waals surface area (Å²) in [5.74, 6) is -8.13. The second-order valence-electron chi connectivity index (χ2n) is 6.60. The molecule has 0 aromatic heterocycles. The Morgan fingerprint density at radius 2 is 1.19 bits per heavy atom. The van der Waals surface area contributed by atoms with E-state index in [1.807, 2.05) is 0 Å². The Kier molecular flexibility index (Phi) is 5.61. The lowest BCUT2D eigenvalue weighted by atomic mass is 9.91. The van der Waals surface area contributed by atoms with Gasteiger partial charge in [-0.3, -0.25) is 0 Å². The molecule has 0 atom stereocenters. The number of rotatable bonds is 3. The van der Waals surface area contributed by atoms with Crippen LogP contribution in [-0.2, 0) is 16.2 Å². The Morgan fingerprint density at radius 1 is 0.742 bits per heavy atom. The highest BCUT2D eigenvalue weighted by Gasteiger charge is 2.34. The van der Waals surface area contributed by atoms with Gasteiger partial charge in [-0.15, -0.1) is 0 Å². The van der Waals surface area contributed by atoms with Crippen molar-refractivity contribution in [2.45, 2.75) is 18.0 Å². The van der Waals surface area contributed by atoms with Crippen LogP contribution in [0.4, 0.5) is 30.7 Å². The minimum atomic E-state index is -4.84. The molecule has 0 aliphatic carbocycles. The first-order valence-corrected chi connectivity index (χ1v) is 9.95. The molecule has 0 aliphatic heterocycles. The lowest BCUT2D eigenvalue weighted by Gasteiger charge is -2.17. The number of primary sulfonamides is 1. The molecule has 0 unspecified atom stereocenters. The van der Waals surface area contributed by atoms with Crippen LogP contribution >= 0.6 is 0 Å². The third-order valence-electron chi connectivity index (χ3n) is 4.57. The van der Waals surface area contributed by atoms with Crippen molar-refractivity contribution in [3.8, 4) is 22.3 Å². The van der Waals surface area contributed by atoms with Crippen molar-refractivity contribution < 1.29 is 39.2 Å². The third kappa shape index (κ3) is 4.15. The van der Waals surface area contributed by atoms with Crippen molar-refractivity contribution >= 4 is 10.0 Å². The molecule has 2 N–H and O–H groups in total. The molecule has 0 radical (unpaired) electrons. The molecule has 3 aromatic rings. The number of alkyl halides is 3. The number of halogens is 7. The summed E-state index contributed by atoms with van der Waals surface area (Å²) in [5.41, 5.74) is -4.10. The maximum Gasteiger partial charge on any atom is 0.416 e. The van der Waals surface area contributed by atoms with Crippen LogP contribution in [0.15, 0.2) is 47.4 Å². The van der Waals surface area contributed by atoms with Crippen molar-refractivity contribution in [2.75, 3.05) is 0 Å². The van der Waals surface area contributed by atoms with Gasteiger partial charge < -0.3 is 0 Å². The average molecular weight is 463 g/mol. The van der Waals surface area contributed by atoms with Gasteiger partial charge in [0.15, 0.2) is 23.3 Å². The van der Waals surface area contributed by atoms with Crippen molar-refractivity contribution in [1.29, 1.82) is 0 Å². The molecular weight excluding hydrogens is 451 g/mol. The molecule has 31 heavy (non-hydrogen) atoms. The zero-order chi connectivity index (χ0) is 23.3. The maximum atomic E-state index is 14.7. The van der Waals surface area contributed by atoms with E-state index in [1.54, 1.807) is 0 Å². The molecule has 0 heterocycles. The standard InChI is InChI=1S/C20H12F7NO2S/c1-9-2-3-11(8-13(9)20(25,26)27)15-14(16(21)18(23)19(24)17(15)22)10-4-6-12(7-5-10)31(28,29)30/h2-8H,1H3,(H2,28,29,30). The van der Waals surface area contributed by atoms with E-state index < -0.39 is 66.6 Å². The highest BCUT2D eigenvalue weighted by molar-refractivity contribution is 7.89. The smallest absolute Gasteiger partial charge is 0.225 e. The van der Waals surface area contributed by atoms with Crippen LogP contribution < -0.4 is 5.14 Å². The molecule has 11 heteroatoms. The van der Waals surface area contributed by atoms with Gasteiger partial charge in [-0.1, -0.05) is 24.3 Å². The van der Waals surface area contributed by atoms with Crippen LogP contribution in [0.2, 0.25) is 0 Å². The molecule has 0 bridgehead atoms. The van der Waals surface area contributed by atoms with Gasteiger partial charge in [0.2, 0.25) is 10.0 Å². The maximum absolute atomic E-state index is 14.7. The summed E-state index contributed by atoms with van der Waals surface area (Å²) in [4.78, 5) is -0.407. The fourth-order valence-electron chi connectivity index (χ4n) is 3.07. The topological polar surface area (TPSA) is 60.2 Å². The summed E-state index contributed by atoms with van der Waals surface area (Å²) < 4.78 is 120. The van der Waals surface area contributed by atoms with Gasteiger partial charge in [0.25, 0.3) is 0 Å². The van der Waals surface area contributed by atoms with Crippen LogP contribution in [0.3, 0.4) is 0 Å². The first-order chi connectivity index (χ1) is 14.2. The third-order valence-corrected chi connectivity index (χ3v) is 5.50. The zero-order valence-corrected chi connectivity index (χ0v) is 16.3. The van der Waals surface area contributed by atoms with E-state index in [1.165, 1.54) is 0 Å². The van der Waals surface area contributed by atoms with Gasteiger partial charge in [-0.05, 0) is 41.8 Å². The molecule has 3 nitrogen and oxygen atoms in total. The zero-order valence-electron chi connectivity index (χ0n) is 15.5. The molecule has 3 aromatic carbocycles. The molecule has 0 amide bonds. The predicted molar refractivity (Wildman–Crippen MR) is 98.3 cm³/mol. The Hall–Kier alpha value is -2.92. The highest BCUT2D eigenvalue weighted by Crippen LogP contribution is 2.42. The van der Waals surface area contributed by atoms with E-state index in [4.69, 9.17) is 5.14 Å². The van der Waals surface area contributed by atoms with Crippen molar-refractivity contribution in [3.05, 3.63) is 76.9 Å². The summed E-state index contributed by atoms with van der Waals surface area (Å²) in [6, 6.07) is 6.17. The highest BCUT2D eigenvalue weighted by atomic mass is 32.2. The Bertz CT molecular complexity index is 1280. The second kappa shape index (κ2) is 7.65. The number of aryl methyl sites for hydroxylation is 1. The quantitative estimate of drug-likeness (QED) is 0.315. The van der Waals surface area contributed by atoms with Crippen LogP contribution in [0.5, 0.6) is 0 Å². The monoisotopic (exact) mass is 463 g/mol. The van der Waals surface area contributed by atoms with Gasteiger partial charge in [-0.25, -0.2) is 31.1 Å². The van der Waals surface area contributed by atoms with E-state index in [0.717, 1.165) is 43.3 Å². The van der Waals surface area contributed by atoms with E-state index in [-0.39, 0.29) is 11.1 Å². The van der Waals surface area contributed by atoms with Gasteiger partial charge in [-0.2, -0.15) is 13.2 Å². The number of sulfonamides is 1. The molecule has 0 aliphatic rings. The Balaban J connectivity index is 2.37. The van der Waals surface area contributed by atoms with Crippen LogP contribution in [-0.4, -0.2) is 8.42 Å². The van der Waals surface area contributed by atoms with Crippen LogP contribution in [0.1, 0.15) is 11.1 Å². The molecular formula is C20H12F7NO2S. The number of hydrogen-bond donors (Lipinski definition) is 1. The first kappa shape index (κ1) is 22.8. The van der Waals surface area contributed by atoms with E-state index in [9.17, 15) is 39.2 Å². The minimum absolute atomic E-state index is 0.223. The van der Waals surface area contributed by atoms with Gasteiger partial charge in [0, 0.05) is 11.1 Å². The lowest BCUT2D eigenvalue weighted by molar-refractivity contribution is -0.138. The second-order valence-corrected chi connectivity index (χ2v) is 8.16. The number of benzene rings is 3. The largest absolute Gasteiger partial charge is 0.416 e. The van der Waals surface area contributed by atoms with Crippen molar-refractivity contribution in [1.82, 2.24) is 0 Å². The summed E-state index contributed by atoms with van der Waals surface area (Å²) >= 11 is 0. The minimum Gasteiger partial charge on any atom is -0.225 e. The van der Waals surface area contributed by atoms with Crippen LogP contribution in [0, 0.1) is 30.2 Å². The van der Waals surface area contributed by atoms with Crippen LogP contribution in [0.25, 0.3) is 22.3 Å². The first-order valence-electron chi connectivity index (χ1n) is 8.41. The summed E-state index contributed by atoms with van der Waals surface area (Å²) in [6.07, 6.45) is -4.84. The van der Waals surface area contributed by atoms with Crippen molar-refractivity contribution in [3.63, 3.8) is 0 Å². The molecule has 0 saturated heterocycles. The molecule has 0 spiro atoms.